The van der Waals surface area contributed by atoms with Crippen molar-refractivity contribution in [2.45, 2.75) is 26.1 Å². The average molecular weight is 363 g/mol. The lowest BCUT2D eigenvalue weighted by Crippen LogP contribution is -2.43. The number of hydrogen-bond donors (Lipinski definition) is 0. The van der Waals surface area contributed by atoms with Gasteiger partial charge in [0.1, 0.15) is 0 Å². The Hall–Kier alpha value is -2.12. The molecule has 2 saturated heterocycles. The largest absolute Gasteiger partial charge is 0.493 e. The molecule has 0 saturated carbocycles. The summed E-state index contributed by atoms with van der Waals surface area (Å²) in [5.74, 6) is 1.13. The number of carbonyl (C=O) groups is 2. The van der Waals surface area contributed by atoms with Crippen LogP contribution >= 0.6 is 0 Å². The van der Waals surface area contributed by atoms with Gasteiger partial charge in [0.05, 0.1) is 20.3 Å². The van der Waals surface area contributed by atoms with Crippen LogP contribution in [-0.4, -0.2) is 62.9 Å². The normalized spacial score (nSPS) is 18.8. The molecule has 0 aliphatic carbocycles. The number of likely N-dealkylation sites (tertiary alicyclic amines) is 1. The fourth-order valence-electron chi connectivity index (χ4n) is 3.31. The monoisotopic (exact) mass is 363 g/mol. The summed E-state index contributed by atoms with van der Waals surface area (Å²) in [6, 6.07) is 4.94. The van der Waals surface area contributed by atoms with Crippen LogP contribution in [0, 0.1) is 5.92 Å². The van der Waals surface area contributed by atoms with Crippen LogP contribution in [0.4, 0.5) is 0 Å². The number of Topliss-reactive ketones (excluding diaryl/α,β-unsaturated/α-hetero) is 1. The second-order valence-corrected chi connectivity index (χ2v) is 6.54. The summed E-state index contributed by atoms with van der Waals surface area (Å²) >= 11 is 0. The molecule has 0 bridgehead atoms. The third kappa shape index (κ3) is 4.34. The summed E-state index contributed by atoms with van der Waals surface area (Å²) < 4.78 is 22.0. The number of hydrogen-bond acceptors (Lipinski definition) is 6. The summed E-state index contributed by atoms with van der Waals surface area (Å²) in [4.78, 5) is 25.7. The molecular formula is C19H25NO6. The molecule has 0 radical (unpaired) electrons. The smallest absolute Gasteiger partial charge is 0.260 e. The van der Waals surface area contributed by atoms with Gasteiger partial charge in [0.2, 0.25) is 0 Å². The van der Waals surface area contributed by atoms with E-state index in [1.807, 2.05) is 4.90 Å². The number of ketones is 1. The van der Waals surface area contributed by atoms with E-state index in [-0.39, 0.29) is 24.6 Å². The lowest BCUT2D eigenvalue weighted by Gasteiger charge is -2.33. The quantitative estimate of drug-likeness (QED) is 0.719. The Bertz CT molecular complexity index is 647. The maximum atomic E-state index is 12.4. The van der Waals surface area contributed by atoms with Crippen LogP contribution in [0.15, 0.2) is 18.2 Å². The van der Waals surface area contributed by atoms with Crippen molar-refractivity contribution in [3.8, 4) is 11.5 Å². The molecule has 2 heterocycles. The summed E-state index contributed by atoms with van der Waals surface area (Å²) in [6.07, 6.45) is 1.62. The van der Waals surface area contributed by atoms with Crippen LogP contribution in [0.2, 0.25) is 0 Å². The zero-order chi connectivity index (χ0) is 18.5. The molecule has 3 rings (SSSR count). The van der Waals surface area contributed by atoms with Gasteiger partial charge >= 0.3 is 0 Å². The lowest BCUT2D eigenvalue weighted by atomic mass is 9.96. The number of carbonyl (C=O) groups excluding carboxylic acids is 2. The minimum Gasteiger partial charge on any atom is -0.493 e. The van der Waals surface area contributed by atoms with Crippen molar-refractivity contribution in [2.24, 2.45) is 5.92 Å². The molecule has 0 aromatic heterocycles. The van der Waals surface area contributed by atoms with Crippen LogP contribution in [0.1, 0.15) is 30.1 Å². The van der Waals surface area contributed by atoms with Crippen LogP contribution in [0.3, 0.4) is 0 Å². The number of ether oxygens (including phenoxy) is 4. The van der Waals surface area contributed by atoms with Gasteiger partial charge in [-0.05, 0) is 38.0 Å². The predicted octanol–water partition coefficient (Wildman–Crippen LogP) is 1.89. The molecule has 2 aliphatic rings. The van der Waals surface area contributed by atoms with E-state index in [1.54, 1.807) is 18.2 Å². The highest BCUT2D eigenvalue weighted by Gasteiger charge is 2.31. The molecular weight excluding hydrogens is 338 g/mol. The molecule has 142 valence electrons. The van der Waals surface area contributed by atoms with Gasteiger partial charge in [0.15, 0.2) is 30.2 Å². The van der Waals surface area contributed by atoms with Crippen molar-refractivity contribution in [2.75, 3.05) is 40.0 Å². The molecule has 7 nitrogen and oxygen atoms in total. The first kappa shape index (κ1) is 18.7. The van der Waals surface area contributed by atoms with E-state index in [2.05, 4.69) is 0 Å². The van der Waals surface area contributed by atoms with Crippen molar-refractivity contribution in [1.29, 1.82) is 0 Å². The van der Waals surface area contributed by atoms with Gasteiger partial charge in [-0.1, -0.05) is 0 Å². The van der Waals surface area contributed by atoms with E-state index in [0.29, 0.717) is 49.3 Å². The molecule has 0 unspecified atom stereocenters. The first-order valence-electron chi connectivity index (χ1n) is 8.91. The highest BCUT2D eigenvalue weighted by atomic mass is 16.7. The van der Waals surface area contributed by atoms with E-state index in [9.17, 15) is 9.59 Å². The van der Waals surface area contributed by atoms with Crippen molar-refractivity contribution in [3.05, 3.63) is 23.8 Å². The third-order valence-corrected chi connectivity index (χ3v) is 4.85. The Morgan fingerprint density at radius 1 is 1.15 bits per heavy atom. The van der Waals surface area contributed by atoms with Crippen molar-refractivity contribution in [1.82, 2.24) is 4.90 Å². The van der Waals surface area contributed by atoms with Crippen LogP contribution in [0.5, 0.6) is 11.5 Å². The summed E-state index contributed by atoms with van der Waals surface area (Å²) in [6.45, 7) is 4.10. The first-order valence-corrected chi connectivity index (χ1v) is 8.91. The third-order valence-electron chi connectivity index (χ3n) is 4.85. The van der Waals surface area contributed by atoms with Gasteiger partial charge in [0, 0.05) is 24.6 Å². The standard InChI is InChI=1S/C19H25NO6/c1-13(21)15-3-4-16(17(11-15)23-2)26-12-18(22)20-7-5-14(6-8-20)19-24-9-10-25-19/h3-4,11,14,19H,5-10,12H2,1-2H3. The molecule has 0 N–H and O–H groups in total. The van der Waals surface area contributed by atoms with Crippen molar-refractivity contribution in [3.63, 3.8) is 0 Å². The highest BCUT2D eigenvalue weighted by molar-refractivity contribution is 5.94. The molecule has 1 aromatic carbocycles. The molecule has 26 heavy (non-hydrogen) atoms. The van der Waals surface area contributed by atoms with Gasteiger partial charge in [-0.15, -0.1) is 0 Å². The number of piperidine rings is 1. The van der Waals surface area contributed by atoms with Crippen LogP contribution < -0.4 is 9.47 Å². The number of nitrogens with zero attached hydrogens (tertiary/aromatic N) is 1. The Morgan fingerprint density at radius 3 is 2.46 bits per heavy atom. The van der Waals surface area contributed by atoms with Crippen LogP contribution in [-0.2, 0) is 14.3 Å². The zero-order valence-corrected chi connectivity index (χ0v) is 15.2. The van der Waals surface area contributed by atoms with E-state index < -0.39 is 0 Å². The summed E-state index contributed by atoms with van der Waals surface area (Å²) in [7, 11) is 1.51. The molecule has 1 amide bonds. The molecule has 2 aliphatic heterocycles. The van der Waals surface area contributed by atoms with Crippen molar-refractivity contribution < 1.29 is 28.5 Å². The number of rotatable bonds is 6. The van der Waals surface area contributed by atoms with Crippen molar-refractivity contribution >= 4 is 11.7 Å². The molecule has 2 fully saturated rings. The average Bonchev–Trinajstić information content (AvgIpc) is 3.20. The van der Waals surface area contributed by atoms with Gasteiger partial charge in [0.25, 0.3) is 5.91 Å². The molecule has 7 heteroatoms. The Balaban J connectivity index is 1.50. The second kappa shape index (κ2) is 8.51. The Morgan fingerprint density at radius 2 is 1.85 bits per heavy atom. The highest BCUT2D eigenvalue weighted by Crippen LogP contribution is 2.29. The maximum Gasteiger partial charge on any atom is 0.260 e. The van der Waals surface area contributed by atoms with E-state index in [1.165, 1.54) is 14.0 Å². The van der Waals surface area contributed by atoms with Crippen LogP contribution in [0.25, 0.3) is 0 Å². The fourth-order valence-corrected chi connectivity index (χ4v) is 3.31. The number of amides is 1. The maximum absolute atomic E-state index is 12.4. The van der Waals surface area contributed by atoms with Gasteiger partial charge in [-0.25, -0.2) is 0 Å². The fraction of sp³-hybridized carbons (Fsp3) is 0.579. The van der Waals surface area contributed by atoms with Gasteiger partial charge < -0.3 is 23.8 Å². The Labute approximate surface area is 153 Å². The number of methoxy groups -OCH3 is 1. The molecule has 1 aromatic rings. The SMILES string of the molecule is COc1cc(C(C)=O)ccc1OCC(=O)N1CCC(C2OCCO2)CC1. The van der Waals surface area contributed by atoms with Gasteiger partial charge in [-0.3, -0.25) is 9.59 Å². The van der Waals surface area contributed by atoms with E-state index in [0.717, 1.165) is 12.8 Å². The first-order chi connectivity index (χ1) is 12.6. The molecule has 0 spiro atoms. The molecule has 0 atom stereocenters. The second-order valence-electron chi connectivity index (χ2n) is 6.54. The van der Waals surface area contributed by atoms with E-state index >= 15 is 0 Å². The minimum atomic E-state index is -0.118. The Kier molecular flexibility index (Phi) is 6.11. The lowest BCUT2D eigenvalue weighted by molar-refractivity contribution is -0.138. The van der Waals surface area contributed by atoms with E-state index in [4.69, 9.17) is 18.9 Å². The predicted molar refractivity (Wildman–Crippen MR) is 93.5 cm³/mol. The summed E-state index contributed by atoms with van der Waals surface area (Å²) in [5.41, 5.74) is 0.541. The summed E-state index contributed by atoms with van der Waals surface area (Å²) in [5, 5.41) is 0. The topological polar surface area (TPSA) is 74.3 Å². The minimum absolute atomic E-state index is 0.0518. The van der Waals surface area contributed by atoms with Gasteiger partial charge in [-0.2, -0.15) is 0 Å². The number of benzene rings is 1. The zero-order valence-electron chi connectivity index (χ0n) is 15.2.